The predicted molar refractivity (Wildman–Crippen MR) is 82.7 cm³/mol. The Bertz CT molecular complexity index is 810. The van der Waals surface area contributed by atoms with E-state index in [1.165, 1.54) is 12.1 Å². The van der Waals surface area contributed by atoms with Crippen LogP contribution in [0, 0.1) is 10.1 Å². The van der Waals surface area contributed by atoms with Gasteiger partial charge < -0.3 is 4.74 Å². The average Bonchev–Trinajstić information content (AvgIpc) is 3.05. The number of nitrogens with zero attached hydrogens (tertiary/aromatic N) is 2. The number of H-pyrrole nitrogens is 1. The number of nitro groups is 1. The number of rotatable bonds is 4. The number of benzene rings is 2. The summed E-state index contributed by atoms with van der Waals surface area (Å²) in [5.41, 5.74) is 3.21. The lowest BCUT2D eigenvalue weighted by Crippen LogP contribution is -1.88. The van der Waals surface area contributed by atoms with E-state index in [-0.39, 0.29) is 5.69 Å². The molecule has 0 saturated carbocycles. The second-order valence-corrected chi connectivity index (χ2v) is 4.70. The SMILES string of the molecule is COc1ccc(-c2cc(-c3cccc([N+](=O)[O-])c3)n[nH]2)cc1. The summed E-state index contributed by atoms with van der Waals surface area (Å²) in [6.45, 7) is 0. The first-order valence-electron chi connectivity index (χ1n) is 6.62. The smallest absolute Gasteiger partial charge is 0.270 e. The summed E-state index contributed by atoms with van der Waals surface area (Å²) in [6, 6.07) is 15.8. The number of aromatic amines is 1. The molecule has 0 spiro atoms. The molecule has 0 fully saturated rings. The van der Waals surface area contributed by atoms with Crippen LogP contribution in [0.1, 0.15) is 0 Å². The van der Waals surface area contributed by atoms with Crippen LogP contribution in [0.15, 0.2) is 54.6 Å². The second kappa shape index (κ2) is 5.69. The van der Waals surface area contributed by atoms with Gasteiger partial charge in [-0.05, 0) is 35.9 Å². The lowest BCUT2D eigenvalue weighted by atomic mass is 10.1. The Labute approximate surface area is 126 Å². The molecular formula is C16H13N3O3. The van der Waals surface area contributed by atoms with Crippen molar-refractivity contribution in [2.45, 2.75) is 0 Å². The van der Waals surface area contributed by atoms with Crippen molar-refractivity contribution in [2.24, 2.45) is 0 Å². The maximum Gasteiger partial charge on any atom is 0.270 e. The molecule has 0 aliphatic rings. The predicted octanol–water partition coefficient (Wildman–Crippen LogP) is 3.66. The highest BCUT2D eigenvalue weighted by Gasteiger charge is 2.10. The highest BCUT2D eigenvalue weighted by Crippen LogP contribution is 2.27. The minimum Gasteiger partial charge on any atom is -0.497 e. The fraction of sp³-hybridized carbons (Fsp3) is 0.0625. The topological polar surface area (TPSA) is 81.1 Å². The van der Waals surface area contributed by atoms with Gasteiger partial charge in [0.2, 0.25) is 0 Å². The summed E-state index contributed by atoms with van der Waals surface area (Å²) in [5, 5.41) is 18.0. The number of ether oxygens (including phenoxy) is 1. The maximum atomic E-state index is 10.8. The third kappa shape index (κ3) is 2.67. The normalized spacial score (nSPS) is 10.4. The van der Waals surface area contributed by atoms with Gasteiger partial charge in [0.05, 0.1) is 23.4 Å². The first kappa shape index (κ1) is 13.8. The van der Waals surface area contributed by atoms with Crippen LogP contribution in [0.25, 0.3) is 22.5 Å². The molecule has 2 aromatic carbocycles. The zero-order chi connectivity index (χ0) is 15.5. The number of hydrogen-bond acceptors (Lipinski definition) is 4. The summed E-state index contributed by atoms with van der Waals surface area (Å²) in [5.74, 6) is 0.780. The molecule has 0 radical (unpaired) electrons. The van der Waals surface area contributed by atoms with Crippen LogP contribution in [0.2, 0.25) is 0 Å². The Hall–Kier alpha value is -3.15. The first-order chi connectivity index (χ1) is 10.7. The van der Waals surface area contributed by atoms with Crippen molar-refractivity contribution in [2.75, 3.05) is 7.11 Å². The van der Waals surface area contributed by atoms with Crippen molar-refractivity contribution in [3.8, 4) is 28.3 Å². The van der Waals surface area contributed by atoms with Gasteiger partial charge in [-0.25, -0.2) is 0 Å². The largest absolute Gasteiger partial charge is 0.497 e. The van der Waals surface area contributed by atoms with Crippen LogP contribution in [0.3, 0.4) is 0 Å². The summed E-state index contributed by atoms with van der Waals surface area (Å²) in [7, 11) is 1.62. The molecule has 6 heteroatoms. The van der Waals surface area contributed by atoms with Crippen LogP contribution < -0.4 is 4.74 Å². The Morgan fingerprint density at radius 1 is 1.09 bits per heavy atom. The van der Waals surface area contributed by atoms with Crippen molar-refractivity contribution in [1.29, 1.82) is 0 Å². The zero-order valence-corrected chi connectivity index (χ0v) is 11.8. The van der Waals surface area contributed by atoms with Gasteiger partial charge in [-0.3, -0.25) is 15.2 Å². The van der Waals surface area contributed by atoms with E-state index in [1.807, 2.05) is 30.3 Å². The van der Waals surface area contributed by atoms with Gasteiger partial charge >= 0.3 is 0 Å². The molecule has 0 amide bonds. The van der Waals surface area contributed by atoms with E-state index in [0.29, 0.717) is 11.3 Å². The van der Waals surface area contributed by atoms with Crippen molar-refractivity contribution < 1.29 is 9.66 Å². The summed E-state index contributed by atoms with van der Waals surface area (Å²) in [6.07, 6.45) is 0. The third-order valence-electron chi connectivity index (χ3n) is 3.33. The Balaban J connectivity index is 1.93. The third-order valence-corrected chi connectivity index (χ3v) is 3.33. The molecule has 6 nitrogen and oxygen atoms in total. The van der Waals surface area contributed by atoms with Gasteiger partial charge in [0, 0.05) is 17.7 Å². The highest BCUT2D eigenvalue weighted by atomic mass is 16.6. The molecule has 0 aliphatic heterocycles. The number of aromatic nitrogens is 2. The fourth-order valence-electron chi connectivity index (χ4n) is 2.17. The zero-order valence-electron chi connectivity index (χ0n) is 11.8. The quantitative estimate of drug-likeness (QED) is 0.588. The monoisotopic (exact) mass is 295 g/mol. The van der Waals surface area contributed by atoms with E-state index in [0.717, 1.165) is 17.0 Å². The molecule has 0 bridgehead atoms. The number of methoxy groups -OCH3 is 1. The molecule has 0 aliphatic carbocycles. The lowest BCUT2D eigenvalue weighted by Gasteiger charge is -2.00. The van der Waals surface area contributed by atoms with E-state index in [9.17, 15) is 10.1 Å². The van der Waals surface area contributed by atoms with E-state index in [4.69, 9.17) is 4.74 Å². The highest BCUT2D eigenvalue weighted by molar-refractivity contribution is 5.69. The van der Waals surface area contributed by atoms with Crippen LogP contribution in [0.4, 0.5) is 5.69 Å². The van der Waals surface area contributed by atoms with Crippen LogP contribution in [-0.4, -0.2) is 22.2 Å². The molecule has 0 saturated heterocycles. The van der Waals surface area contributed by atoms with Gasteiger partial charge in [-0.1, -0.05) is 12.1 Å². The van der Waals surface area contributed by atoms with Gasteiger partial charge in [0.15, 0.2) is 0 Å². The van der Waals surface area contributed by atoms with Gasteiger partial charge in [-0.15, -0.1) is 0 Å². The Morgan fingerprint density at radius 2 is 1.86 bits per heavy atom. The van der Waals surface area contributed by atoms with E-state index < -0.39 is 4.92 Å². The minimum absolute atomic E-state index is 0.0477. The molecule has 1 heterocycles. The Morgan fingerprint density at radius 3 is 2.55 bits per heavy atom. The lowest BCUT2D eigenvalue weighted by molar-refractivity contribution is -0.384. The average molecular weight is 295 g/mol. The molecule has 110 valence electrons. The van der Waals surface area contributed by atoms with Crippen molar-refractivity contribution in [3.05, 3.63) is 64.7 Å². The molecule has 3 rings (SSSR count). The number of nitrogens with one attached hydrogen (secondary N) is 1. The van der Waals surface area contributed by atoms with Crippen molar-refractivity contribution in [1.82, 2.24) is 10.2 Å². The molecule has 1 N–H and O–H groups in total. The maximum absolute atomic E-state index is 10.8. The summed E-state index contributed by atoms with van der Waals surface area (Å²) in [4.78, 5) is 10.4. The Kier molecular flexibility index (Phi) is 3.57. The second-order valence-electron chi connectivity index (χ2n) is 4.70. The minimum atomic E-state index is -0.416. The van der Waals surface area contributed by atoms with E-state index in [2.05, 4.69) is 10.2 Å². The molecule has 3 aromatic rings. The summed E-state index contributed by atoms with van der Waals surface area (Å²) < 4.78 is 5.13. The first-order valence-corrected chi connectivity index (χ1v) is 6.62. The van der Waals surface area contributed by atoms with Gasteiger partial charge in [0.1, 0.15) is 5.75 Å². The molecule has 0 unspecified atom stereocenters. The standard InChI is InChI=1S/C16H13N3O3/c1-22-14-7-5-11(6-8-14)15-10-16(18-17-15)12-3-2-4-13(9-12)19(20)21/h2-10H,1H3,(H,17,18). The van der Waals surface area contributed by atoms with Crippen LogP contribution in [-0.2, 0) is 0 Å². The van der Waals surface area contributed by atoms with Gasteiger partial charge in [-0.2, -0.15) is 5.10 Å². The molecule has 1 aromatic heterocycles. The van der Waals surface area contributed by atoms with Crippen molar-refractivity contribution in [3.63, 3.8) is 0 Å². The number of hydrogen-bond donors (Lipinski definition) is 1. The summed E-state index contributed by atoms with van der Waals surface area (Å²) >= 11 is 0. The van der Waals surface area contributed by atoms with Crippen molar-refractivity contribution >= 4 is 5.69 Å². The molecular weight excluding hydrogens is 282 g/mol. The van der Waals surface area contributed by atoms with E-state index in [1.54, 1.807) is 19.2 Å². The number of non-ortho nitro benzene ring substituents is 1. The van der Waals surface area contributed by atoms with Gasteiger partial charge in [0.25, 0.3) is 5.69 Å². The molecule has 22 heavy (non-hydrogen) atoms. The fourth-order valence-corrected chi connectivity index (χ4v) is 2.17. The van der Waals surface area contributed by atoms with Crippen LogP contribution in [0.5, 0.6) is 5.75 Å². The van der Waals surface area contributed by atoms with Crippen LogP contribution >= 0.6 is 0 Å². The number of nitro benzene ring substituents is 1. The molecule has 0 atom stereocenters. The van der Waals surface area contributed by atoms with E-state index >= 15 is 0 Å².